The van der Waals surface area contributed by atoms with Gasteiger partial charge in [-0.1, -0.05) is 31.5 Å². The Bertz CT molecular complexity index is 619. The van der Waals surface area contributed by atoms with Crippen molar-refractivity contribution in [3.8, 4) is 0 Å². The second-order valence-corrected chi connectivity index (χ2v) is 8.11. The number of sulfonamides is 1. The van der Waals surface area contributed by atoms with Crippen LogP contribution in [0.4, 0.5) is 0 Å². The summed E-state index contributed by atoms with van der Waals surface area (Å²) in [6, 6.07) is 6.09. The van der Waals surface area contributed by atoms with Crippen molar-refractivity contribution in [1.82, 2.24) is 10.0 Å². The van der Waals surface area contributed by atoms with E-state index in [9.17, 15) is 13.2 Å². The molecule has 22 heavy (non-hydrogen) atoms. The molecule has 6 heteroatoms. The van der Waals surface area contributed by atoms with Gasteiger partial charge in [0.2, 0.25) is 15.9 Å². The first-order valence-corrected chi connectivity index (χ1v) is 9.15. The lowest BCUT2D eigenvalue weighted by Crippen LogP contribution is -2.47. The largest absolute Gasteiger partial charge is 0.352 e. The van der Waals surface area contributed by atoms with Crippen LogP contribution in [-0.4, -0.2) is 26.4 Å². The molecule has 0 aromatic heterocycles. The monoisotopic (exact) mass is 324 g/mol. The lowest BCUT2D eigenvalue weighted by atomic mass is 10.0. The third kappa shape index (κ3) is 4.81. The van der Waals surface area contributed by atoms with Gasteiger partial charge in [0.05, 0.1) is 4.90 Å². The minimum absolute atomic E-state index is 0.186. The van der Waals surface area contributed by atoms with Crippen LogP contribution in [0.1, 0.15) is 38.7 Å². The quantitative estimate of drug-likeness (QED) is 0.805. The van der Waals surface area contributed by atoms with Crippen molar-refractivity contribution < 1.29 is 13.2 Å². The molecule has 0 heterocycles. The standard InChI is InChI=1S/C16H24N2O3S/c1-11(2)10-15(16(19)17-13-6-7-13)18-22(20,21)14-8-4-12(3)5-9-14/h4-5,8-9,11,13,15,18H,6-7,10H2,1-3H3,(H,17,19)/t15-/m1/s1. The highest BCUT2D eigenvalue weighted by Crippen LogP contribution is 2.20. The number of aryl methyl sites for hydroxylation is 1. The van der Waals surface area contributed by atoms with E-state index in [0.29, 0.717) is 6.42 Å². The van der Waals surface area contributed by atoms with Crippen LogP contribution in [0.2, 0.25) is 0 Å². The van der Waals surface area contributed by atoms with Gasteiger partial charge in [-0.15, -0.1) is 0 Å². The lowest BCUT2D eigenvalue weighted by Gasteiger charge is -2.20. The molecule has 2 N–H and O–H groups in total. The van der Waals surface area contributed by atoms with Crippen LogP contribution in [0.15, 0.2) is 29.2 Å². The summed E-state index contributed by atoms with van der Waals surface area (Å²) in [5.74, 6) is -0.0115. The maximum absolute atomic E-state index is 12.5. The van der Waals surface area contributed by atoms with Gasteiger partial charge in [-0.3, -0.25) is 4.79 Å². The predicted octanol–water partition coefficient (Wildman–Crippen LogP) is 1.97. The minimum Gasteiger partial charge on any atom is -0.352 e. The van der Waals surface area contributed by atoms with Crippen molar-refractivity contribution in [1.29, 1.82) is 0 Å². The number of carbonyl (C=O) groups is 1. The summed E-state index contributed by atoms with van der Waals surface area (Å²) in [7, 11) is -3.69. The highest BCUT2D eigenvalue weighted by molar-refractivity contribution is 7.89. The smallest absolute Gasteiger partial charge is 0.241 e. The van der Waals surface area contributed by atoms with Crippen LogP contribution in [0.25, 0.3) is 0 Å². The van der Waals surface area contributed by atoms with Crippen molar-refractivity contribution in [2.75, 3.05) is 0 Å². The van der Waals surface area contributed by atoms with E-state index in [0.717, 1.165) is 18.4 Å². The van der Waals surface area contributed by atoms with Gasteiger partial charge in [0.1, 0.15) is 6.04 Å². The van der Waals surface area contributed by atoms with E-state index < -0.39 is 16.1 Å². The second kappa shape index (κ2) is 6.79. The number of amides is 1. The first kappa shape index (κ1) is 17.0. The Balaban J connectivity index is 2.13. The summed E-state index contributed by atoms with van der Waals surface area (Å²) >= 11 is 0. The summed E-state index contributed by atoms with van der Waals surface area (Å²) < 4.78 is 27.5. The van der Waals surface area contributed by atoms with E-state index in [4.69, 9.17) is 0 Å². The Hall–Kier alpha value is -1.40. The molecule has 0 saturated heterocycles. The Labute approximate surface area is 132 Å². The first-order valence-electron chi connectivity index (χ1n) is 7.67. The molecule has 0 radical (unpaired) electrons. The van der Waals surface area contributed by atoms with Gasteiger partial charge in [-0.2, -0.15) is 4.72 Å². The molecule has 0 aliphatic heterocycles. The number of hydrogen-bond acceptors (Lipinski definition) is 3. The van der Waals surface area contributed by atoms with Crippen LogP contribution < -0.4 is 10.0 Å². The maximum Gasteiger partial charge on any atom is 0.241 e. The molecule has 1 aromatic rings. The normalized spacial score (nSPS) is 16.5. The fourth-order valence-electron chi connectivity index (χ4n) is 2.18. The predicted molar refractivity (Wildman–Crippen MR) is 85.9 cm³/mol. The van der Waals surface area contributed by atoms with E-state index in [1.54, 1.807) is 24.3 Å². The minimum atomic E-state index is -3.69. The fraction of sp³-hybridized carbons (Fsp3) is 0.562. The Morgan fingerprint density at radius 2 is 1.82 bits per heavy atom. The van der Waals surface area contributed by atoms with E-state index in [-0.39, 0.29) is 22.8 Å². The van der Waals surface area contributed by atoms with Crippen LogP contribution in [-0.2, 0) is 14.8 Å². The van der Waals surface area contributed by atoms with Crippen LogP contribution in [0.5, 0.6) is 0 Å². The zero-order valence-electron chi connectivity index (χ0n) is 13.3. The summed E-state index contributed by atoms with van der Waals surface area (Å²) in [4.78, 5) is 12.4. The first-order chi connectivity index (χ1) is 10.3. The van der Waals surface area contributed by atoms with Crippen LogP contribution >= 0.6 is 0 Å². The summed E-state index contributed by atoms with van der Waals surface area (Å²) in [6.45, 7) is 5.84. The number of rotatable bonds is 7. The molecular weight excluding hydrogens is 300 g/mol. The molecule has 1 saturated carbocycles. The van der Waals surface area contributed by atoms with Gasteiger partial charge in [0.25, 0.3) is 0 Å². The Kier molecular flexibility index (Phi) is 5.24. The van der Waals surface area contributed by atoms with Gasteiger partial charge in [-0.05, 0) is 44.2 Å². The molecule has 0 spiro atoms. The van der Waals surface area contributed by atoms with Gasteiger partial charge in [-0.25, -0.2) is 8.42 Å². The SMILES string of the molecule is Cc1ccc(S(=O)(=O)N[C@H](CC(C)C)C(=O)NC2CC2)cc1. The second-order valence-electron chi connectivity index (χ2n) is 6.40. The number of benzene rings is 1. The summed E-state index contributed by atoms with van der Waals surface area (Å²) in [5.41, 5.74) is 0.990. The molecular formula is C16H24N2O3S. The maximum atomic E-state index is 12.5. The van der Waals surface area contributed by atoms with E-state index >= 15 is 0 Å². The van der Waals surface area contributed by atoms with Gasteiger partial charge in [0, 0.05) is 6.04 Å². The molecule has 1 aliphatic rings. The van der Waals surface area contributed by atoms with E-state index in [1.807, 2.05) is 20.8 Å². The average molecular weight is 324 g/mol. The average Bonchev–Trinajstić information content (AvgIpc) is 3.21. The van der Waals surface area contributed by atoms with Crippen molar-refractivity contribution in [3.05, 3.63) is 29.8 Å². The molecule has 1 fully saturated rings. The lowest BCUT2D eigenvalue weighted by molar-refractivity contribution is -0.123. The zero-order valence-corrected chi connectivity index (χ0v) is 14.1. The van der Waals surface area contributed by atoms with Gasteiger partial charge >= 0.3 is 0 Å². The molecule has 1 amide bonds. The van der Waals surface area contributed by atoms with Crippen molar-refractivity contribution in [2.24, 2.45) is 5.92 Å². The highest BCUT2D eigenvalue weighted by Gasteiger charge is 2.30. The summed E-state index contributed by atoms with van der Waals surface area (Å²) in [6.07, 6.45) is 2.43. The van der Waals surface area contributed by atoms with E-state index in [1.165, 1.54) is 0 Å². The van der Waals surface area contributed by atoms with Gasteiger partial charge < -0.3 is 5.32 Å². The Morgan fingerprint density at radius 3 is 2.32 bits per heavy atom. The molecule has 2 rings (SSSR count). The third-order valence-electron chi connectivity index (χ3n) is 3.58. The fourth-order valence-corrected chi connectivity index (χ4v) is 3.39. The van der Waals surface area contributed by atoms with Crippen LogP contribution in [0, 0.1) is 12.8 Å². The molecule has 0 bridgehead atoms. The number of nitrogens with one attached hydrogen (secondary N) is 2. The molecule has 5 nitrogen and oxygen atoms in total. The van der Waals surface area contributed by atoms with Crippen molar-refractivity contribution >= 4 is 15.9 Å². The van der Waals surface area contributed by atoms with Crippen molar-refractivity contribution in [3.63, 3.8) is 0 Å². The molecule has 1 atom stereocenters. The van der Waals surface area contributed by atoms with E-state index in [2.05, 4.69) is 10.0 Å². The third-order valence-corrected chi connectivity index (χ3v) is 5.06. The highest BCUT2D eigenvalue weighted by atomic mass is 32.2. The number of hydrogen-bond donors (Lipinski definition) is 2. The van der Waals surface area contributed by atoms with Gasteiger partial charge in [0.15, 0.2) is 0 Å². The molecule has 1 aromatic carbocycles. The topological polar surface area (TPSA) is 75.3 Å². The van der Waals surface area contributed by atoms with Crippen LogP contribution in [0.3, 0.4) is 0 Å². The summed E-state index contributed by atoms with van der Waals surface area (Å²) in [5, 5.41) is 2.88. The molecule has 1 aliphatic carbocycles. The number of carbonyl (C=O) groups excluding carboxylic acids is 1. The molecule has 0 unspecified atom stereocenters. The van der Waals surface area contributed by atoms with Crippen molar-refractivity contribution in [2.45, 2.75) is 57.0 Å². The molecule has 122 valence electrons. The zero-order chi connectivity index (χ0) is 16.3. The Morgan fingerprint density at radius 1 is 1.23 bits per heavy atom.